The zero-order valence-corrected chi connectivity index (χ0v) is 12.3. The van der Waals surface area contributed by atoms with Crippen LogP contribution in [-0.4, -0.2) is 6.54 Å². The molecular formula is C15H13ClN2OS. The number of thiol groups is 1. The van der Waals surface area contributed by atoms with Crippen LogP contribution in [0.5, 0.6) is 0 Å². The Morgan fingerprint density at radius 2 is 2.15 bits per heavy atom. The Labute approximate surface area is 127 Å². The van der Waals surface area contributed by atoms with Crippen LogP contribution in [0, 0.1) is 16.7 Å². The normalized spacial score (nSPS) is 10.2. The maximum absolute atomic E-state index is 11.0. The third kappa shape index (κ3) is 3.13. The number of hydrogen-bond donors (Lipinski definition) is 2. The SMILES string of the molecule is NCCCC#Cc1cc2c(N=O)c(S)ccc2cc1Cl. The van der Waals surface area contributed by atoms with Gasteiger partial charge in [-0.1, -0.05) is 29.5 Å². The van der Waals surface area contributed by atoms with Crippen LogP contribution in [0.2, 0.25) is 5.02 Å². The molecule has 0 aliphatic rings. The molecule has 2 aromatic rings. The van der Waals surface area contributed by atoms with E-state index in [9.17, 15) is 4.91 Å². The molecule has 0 saturated carbocycles. The monoisotopic (exact) mass is 304 g/mol. The Balaban J connectivity index is 2.53. The van der Waals surface area contributed by atoms with Gasteiger partial charge < -0.3 is 5.73 Å². The molecule has 0 aromatic heterocycles. The third-order valence-corrected chi connectivity index (χ3v) is 3.55. The number of rotatable bonds is 3. The molecule has 0 fully saturated rings. The van der Waals surface area contributed by atoms with Gasteiger partial charge in [0.25, 0.3) is 0 Å². The fourth-order valence-corrected chi connectivity index (χ4v) is 2.31. The standard InChI is InChI=1S/C15H13ClN2OS/c16-13-9-10-5-6-14(20)15(18-19)12(10)8-11(13)4-2-1-3-7-17/h5-6,8-9,20H,1,3,7,17H2. The number of nitrogens with two attached hydrogens (primary N) is 1. The number of halogens is 1. The van der Waals surface area contributed by atoms with E-state index in [0.29, 0.717) is 33.1 Å². The van der Waals surface area contributed by atoms with E-state index in [1.807, 2.05) is 6.07 Å². The van der Waals surface area contributed by atoms with Crippen LogP contribution in [0.4, 0.5) is 5.69 Å². The molecule has 0 aliphatic carbocycles. The van der Waals surface area contributed by atoms with E-state index in [-0.39, 0.29) is 0 Å². The second-order valence-electron chi connectivity index (χ2n) is 4.27. The van der Waals surface area contributed by atoms with Crippen molar-refractivity contribution in [2.75, 3.05) is 6.54 Å². The summed E-state index contributed by atoms with van der Waals surface area (Å²) in [5.41, 5.74) is 6.41. The summed E-state index contributed by atoms with van der Waals surface area (Å²) in [6.45, 7) is 0.613. The minimum atomic E-state index is 0.313. The molecule has 0 aliphatic heterocycles. The highest BCUT2D eigenvalue weighted by molar-refractivity contribution is 7.80. The summed E-state index contributed by atoms with van der Waals surface area (Å²) in [6.07, 6.45) is 1.57. The molecule has 0 heterocycles. The first-order valence-corrected chi connectivity index (χ1v) is 6.97. The van der Waals surface area contributed by atoms with Crippen LogP contribution >= 0.6 is 24.2 Å². The average molecular weight is 305 g/mol. The summed E-state index contributed by atoms with van der Waals surface area (Å²) in [4.78, 5) is 11.5. The summed E-state index contributed by atoms with van der Waals surface area (Å²) in [5.74, 6) is 6.02. The van der Waals surface area contributed by atoms with E-state index in [2.05, 4.69) is 29.6 Å². The maximum atomic E-state index is 11.0. The second kappa shape index (κ2) is 6.76. The third-order valence-electron chi connectivity index (χ3n) is 2.88. The summed E-state index contributed by atoms with van der Waals surface area (Å²) in [5, 5.41) is 5.15. The number of fused-ring (bicyclic) bond motifs is 1. The van der Waals surface area contributed by atoms with Crippen molar-refractivity contribution < 1.29 is 0 Å². The predicted octanol–water partition coefficient (Wildman–Crippen LogP) is 4.27. The molecule has 0 amide bonds. The number of nitrogens with zero attached hydrogens (tertiary/aromatic N) is 1. The van der Waals surface area contributed by atoms with E-state index >= 15 is 0 Å². The number of unbranched alkanes of at least 4 members (excludes halogenated alkanes) is 1. The molecule has 2 N–H and O–H groups in total. The highest BCUT2D eigenvalue weighted by Gasteiger charge is 2.09. The molecule has 0 saturated heterocycles. The average Bonchev–Trinajstić information content (AvgIpc) is 2.44. The van der Waals surface area contributed by atoms with Crippen molar-refractivity contribution in [3.05, 3.63) is 39.8 Å². The molecule has 2 rings (SSSR count). The summed E-state index contributed by atoms with van der Waals surface area (Å²) in [7, 11) is 0. The molecular weight excluding hydrogens is 292 g/mol. The fourth-order valence-electron chi connectivity index (χ4n) is 1.86. The van der Waals surface area contributed by atoms with Gasteiger partial charge in [-0.05, 0) is 41.7 Å². The Morgan fingerprint density at radius 3 is 2.85 bits per heavy atom. The first-order chi connectivity index (χ1) is 9.67. The number of hydrogen-bond acceptors (Lipinski definition) is 4. The van der Waals surface area contributed by atoms with Gasteiger partial charge in [0.05, 0.1) is 5.02 Å². The lowest BCUT2D eigenvalue weighted by atomic mass is 10.1. The predicted molar refractivity (Wildman–Crippen MR) is 86.8 cm³/mol. The van der Waals surface area contributed by atoms with E-state index in [1.54, 1.807) is 18.2 Å². The van der Waals surface area contributed by atoms with E-state index < -0.39 is 0 Å². The molecule has 2 aromatic carbocycles. The summed E-state index contributed by atoms with van der Waals surface area (Å²) < 4.78 is 0. The van der Waals surface area contributed by atoms with Gasteiger partial charge in [0.2, 0.25) is 0 Å². The Morgan fingerprint density at radius 1 is 1.35 bits per heavy atom. The maximum Gasteiger partial charge on any atom is 0.129 e. The lowest BCUT2D eigenvalue weighted by Crippen LogP contribution is -1.96. The molecule has 20 heavy (non-hydrogen) atoms. The Hall–Kier alpha value is -1.54. The van der Waals surface area contributed by atoms with Gasteiger partial charge in [0.1, 0.15) is 5.69 Å². The minimum Gasteiger partial charge on any atom is -0.330 e. The quantitative estimate of drug-likeness (QED) is 0.385. The largest absolute Gasteiger partial charge is 0.330 e. The molecule has 0 spiro atoms. The van der Waals surface area contributed by atoms with Crippen LogP contribution in [0.3, 0.4) is 0 Å². The van der Waals surface area contributed by atoms with Gasteiger partial charge in [-0.2, -0.15) is 0 Å². The Kier molecular flexibility index (Phi) is 5.02. The van der Waals surface area contributed by atoms with Gasteiger partial charge in [-0.15, -0.1) is 17.5 Å². The van der Waals surface area contributed by atoms with Crippen molar-refractivity contribution in [2.24, 2.45) is 10.9 Å². The number of benzene rings is 2. The molecule has 0 bridgehead atoms. The highest BCUT2D eigenvalue weighted by atomic mass is 35.5. The lowest BCUT2D eigenvalue weighted by molar-refractivity contribution is 0.870. The first kappa shape index (κ1) is 14.9. The Bertz CT molecular complexity index is 719. The summed E-state index contributed by atoms with van der Waals surface area (Å²) in [6, 6.07) is 7.14. The zero-order chi connectivity index (χ0) is 14.5. The molecule has 0 radical (unpaired) electrons. The van der Waals surface area contributed by atoms with Gasteiger partial charge in [0.15, 0.2) is 0 Å². The second-order valence-corrected chi connectivity index (χ2v) is 5.16. The first-order valence-electron chi connectivity index (χ1n) is 6.15. The fraction of sp³-hybridized carbons (Fsp3) is 0.200. The van der Waals surface area contributed by atoms with E-state index in [0.717, 1.165) is 18.2 Å². The highest BCUT2D eigenvalue weighted by Crippen LogP contribution is 2.35. The van der Waals surface area contributed by atoms with Crippen molar-refractivity contribution in [3.8, 4) is 11.8 Å². The minimum absolute atomic E-state index is 0.313. The van der Waals surface area contributed by atoms with Crippen LogP contribution in [0.1, 0.15) is 18.4 Å². The van der Waals surface area contributed by atoms with Gasteiger partial charge in [0, 0.05) is 22.3 Å². The number of nitroso groups, excluding NO2 is 1. The van der Waals surface area contributed by atoms with Crippen LogP contribution in [0.15, 0.2) is 34.3 Å². The van der Waals surface area contributed by atoms with Crippen molar-refractivity contribution in [1.82, 2.24) is 0 Å². The smallest absolute Gasteiger partial charge is 0.129 e. The molecule has 5 heteroatoms. The molecule has 0 unspecified atom stereocenters. The summed E-state index contributed by atoms with van der Waals surface area (Å²) >= 11 is 10.4. The van der Waals surface area contributed by atoms with Gasteiger partial charge in [-0.25, -0.2) is 0 Å². The zero-order valence-electron chi connectivity index (χ0n) is 10.7. The van der Waals surface area contributed by atoms with Gasteiger partial charge >= 0.3 is 0 Å². The van der Waals surface area contributed by atoms with Gasteiger partial charge in [-0.3, -0.25) is 0 Å². The van der Waals surface area contributed by atoms with Crippen LogP contribution in [0.25, 0.3) is 10.8 Å². The van der Waals surface area contributed by atoms with Crippen molar-refractivity contribution in [1.29, 1.82) is 0 Å². The topological polar surface area (TPSA) is 55.4 Å². The van der Waals surface area contributed by atoms with Crippen molar-refractivity contribution >= 4 is 40.7 Å². The molecule has 0 atom stereocenters. The lowest BCUT2D eigenvalue weighted by Gasteiger charge is -2.05. The molecule has 102 valence electrons. The van der Waals surface area contributed by atoms with E-state index in [1.165, 1.54) is 0 Å². The molecule has 3 nitrogen and oxygen atoms in total. The van der Waals surface area contributed by atoms with Crippen molar-refractivity contribution in [3.63, 3.8) is 0 Å². The van der Waals surface area contributed by atoms with E-state index in [4.69, 9.17) is 17.3 Å². The van der Waals surface area contributed by atoms with Crippen LogP contribution < -0.4 is 5.73 Å². The van der Waals surface area contributed by atoms with Crippen molar-refractivity contribution in [2.45, 2.75) is 17.7 Å². The van der Waals surface area contributed by atoms with Crippen LogP contribution in [-0.2, 0) is 0 Å².